The highest BCUT2D eigenvalue weighted by atomic mass is 14.0. The molecule has 0 spiro atoms. The summed E-state index contributed by atoms with van der Waals surface area (Å²) in [6, 6.07) is 0. The molecule has 4 bridgehead atoms. The minimum absolute atomic E-state index is 1.09. The van der Waals surface area contributed by atoms with Gasteiger partial charge in [-0.25, -0.2) is 0 Å². The van der Waals surface area contributed by atoms with Gasteiger partial charge in [-0.3, -0.25) is 0 Å². The van der Waals surface area contributed by atoms with Gasteiger partial charge < -0.3 is 0 Å². The van der Waals surface area contributed by atoms with Gasteiger partial charge in [0.1, 0.15) is 0 Å². The summed E-state index contributed by atoms with van der Waals surface area (Å²) in [7, 11) is 0. The Kier molecular flexibility index (Phi) is 7.29. The second-order valence-electron chi connectivity index (χ2n) is 6.01. The Morgan fingerprint density at radius 3 is 0.821 bits per heavy atom. The molecule has 0 unspecified atom stereocenters. The summed E-state index contributed by atoms with van der Waals surface area (Å²) in [5.74, 6) is 12.2. The van der Waals surface area contributed by atoms with Gasteiger partial charge in [0.05, 0.1) is 0 Å². The molecule has 0 aromatic rings. The van der Waals surface area contributed by atoms with E-state index >= 15 is 0 Å². The van der Waals surface area contributed by atoms with Crippen molar-refractivity contribution in [2.75, 3.05) is 0 Å². The fraction of sp³-hybridized carbons (Fsp3) is 0. The molecule has 0 amide bonds. The maximum atomic E-state index is 3.06. The molecule has 0 radical (unpaired) electrons. The molecule has 3 aliphatic rings. The molecule has 0 saturated heterocycles. The maximum Gasteiger partial charge on any atom is -0.0109 e. The lowest BCUT2D eigenvalue weighted by Crippen LogP contribution is -1.78. The monoisotopic (exact) mass is 356 g/mol. The molecule has 0 heteroatoms. The minimum atomic E-state index is 1.09. The second-order valence-corrected chi connectivity index (χ2v) is 6.01. The topological polar surface area (TPSA) is 0 Å². The molecule has 0 aromatic heterocycles. The zero-order valence-electron chi connectivity index (χ0n) is 15.5. The number of fused-ring (bicyclic) bond motifs is 4. The lowest BCUT2D eigenvalue weighted by Gasteiger charge is -1.97. The Hall–Kier alpha value is -4.00. The van der Waals surface area contributed by atoms with Gasteiger partial charge in [0.2, 0.25) is 0 Å². The number of hydrogen-bond donors (Lipinski definition) is 0. The van der Waals surface area contributed by atoms with E-state index < -0.39 is 0 Å². The van der Waals surface area contributed by atoms with Crippen LogP contribution in [0.3, 0.4) is 0 Å². The average molecular weight is 356 g/mol. The summed E-state index contributed by atoms with van der Waals surface area (Å²) < 4.78 is 0. The minimum Gasteiger partial charge on any atom is -0.0702 e. The highest BCUT2D eigenvalue weighted by Gasteiger charge is 1.91. The van der Waals surface area contributed by atoms with Gasteiger partial charge in [0.25, 0.3) is 0 Å². The Labute approximate surface area is 167 Å². The number of rotatable bonds is 0. The first-order valence-corrected chi connectivity index (χ1v) is 9.12. The van der Waals surface area contributed by atoms with Gasteiger partial charge in [0.15, 0.2) is 0 Å². The quantitative estimate of drug-likeness (QED) is 0.454. The summed E-state index contributed by atoms with van der Waals surface area (Å²) in [5.41, 5.74) is 4.36. The smallest absolute Gasteiger partial charge is 0.0109 e. The van der Waals surface area contributed by atoms with Crippen LogP contribution >= 0.6 is 0 Å². The third-order valence-electron chi connectivity index (χ3n) is 3.92. The van der Waals surface area contributed by atoms with E-state index in [4.69, 9.17) is 0 Å². The molecule has 0 saturated carbocycles. The van der Waals surface area contributed by atoms with E-state index in [0.717, 1.165) is 22.3 Å². The molecule has 0 fully saturated rings. The van der Waals surface area contributed by atoms with Gasteiger partial charge in [-0.2, -0.15) is 0 Å². The van der Waals surface area contributed by atoms with Crippen molar-refractivity contribution in [2.24, 2.45) is 0 Å². The summed E-state index contributed by atoms with van der Waals surface area (Å²) in [5, 5.41) is 0. The SMILES string of the molecule is C1#C\C=C/C2=C/C=C\C=C(/C=C\2)\C=C\C#C\C=C/C2=C/C=C\C=C(\C=C/1)/C=C\2. The zero-order chi connectivity index (χ0) is 19.3. The van der Waals surface area contributed by atoms with Crippen LogP contribution in [-0.4, -0.2) is 0 Å². The molecule has 0 heterocycles. The molecule has 0 aliphatic heterocycles. The molecule has 3 rings (SSSR count). The van der Waals surface area contributed by atoms with E-state index in [9.17, 15) is 0 Å². The standard InChI is InChI=1S/C28H20/c1-2-6-14-26-18-11-12-20-28(24-23-26)16-8-4-3-7-15-27-19-10-9-17-25(13-5-1)21-22-27/h5-24H/b10-9-,12-11-,13-5-,14-6-,15-7-,16-8+,17-9?,18-11?,19-10?,20-12?,22-21-,24-23-,25-13?,25-17-,25-21?,26-14?,26-18-,26-23?,27-15?,27-19-,27-22?,28-16?,28-20-,28-24?. The molecule has 28 heavy (non-hydrogen) atoms. The van der Waals surface area contributed by atoms with Gasteiger partial charge in [-0.1, -0.05) is 96.6 Å². The van der Waals surface area contributed by atoms with E-state index in [0.29, 0.717) is 0 Å². The van der Waals surface area contributed by atoms with Crippen molar-refractivity contribution in [1.29, 1.82) is 0 Å². The van der Waals surface area contributed by atoms with Crippen molar-refractivity contribution in [3.05, 3.63) is 144 Å². The summed E-state index contributed by atoms with van der Waals surface area (Å²) in [6.45, 7) is 0. The molecular weight excluding hydrogens is 336 g/mol. The van der Waals surface area contributed by atoms with Crippen LogP contribution in [0.1, 0.15) is 0 Å². The average Bonchev–Trinajstić information content (AvgIpc) is 2.66. The lowest BCUT2D eigenvalue weighted by atomic mass is 10.1. The zero-order valence-corrected chi connectivity index (χ0v) is 15.5. The van der Waals surface area contributed by atoms with Crippen molar-refractivity contribution < 1.29 is 0 Å². The Morgan fingerprint density at radius 1 is 0.321 bits per heavy atom. The van der Waals surface area contributed by atoms with Crippen LogP contribution in [-0.2, 0) is 0 Å². The van der Waals surface area contributed by atoms with Crippen LogP contribution in [0.2, 0.25) is 0 Å². The second kappa shape index (κ2) is 10.9. The summed E-state index contributed by atoms with van der Waals surface area (Å²) >= 11 is 0. The molecule has 0 atom stereocenters. The Morgan fingerprint density at radius 2 is 0.571 bits per heavy atom. The Bertz CT molecular complexity index is 914. The van der Waals surface area contributed by atoms with Gasteiger partial charge in [-0.15, -0.1) is 0 Å². The van der Waals surface area contributed by atoms with Gasteiger partial charge >= 0.3 is 0 Å². The van der Waals surface area contributed by atoms with Gasteiger partial charge in [0, 0.05) is 0 Å². The van der Waals surface area contributed by atoms with Crippen LogP contribution in [0.4, 0.5) is 0 Å². The first kappa shape index (κ1) is 18.8. The first-order chi connectivity index (χ1) is 13.9. The lowest BCUT2D eigenvalue weighted by molar-refractivity contribution is 1.59. The molecule has 0 nitrogen and oxygen atoms in total. The van der Waals surface area contributed by atoms with E-state index in [1.807, 2.05) is 72.9 Å². The van der Waals surface area contributed by atoms with Crippen molar-refractivity contribution in [3.63, 3.8) is 0 Å². The first-order valence-electron chi connectivity index (χ1n) is 9.12. The van der Waals surface area contributed by atoms with E-state index in [1.54, 1.807) is 0 Å². The summed E-state index contributed by atoms with van der Waals surface area (Å²) in [4.78, 5) is 0. The molecular formula is C28H20. The predicted molar refractivity (Wildman–Crippen MR) is 121 cm³/mol. The van der Waals surface area contributed by atoms with E-state index in [1.165, 1.54) is 0 Å². The number of hydrogen-bond acceptors (Lipinski definition) is 0. The largest absolute Gasteiger partial charge is 0.0702 e. The molecule has 3 aliphatic carbocycles. The van der Waals surface area contributed by atoms with Gasteiger partial charge in [-0.05, 0) is 70.9 Å². The van der Waals surface area contributed by atoms with E-state index in [2.05, 4.69) is 72.3 Å². The van der Waals surface area contributed by atoms with Crippen LogP contribution in [0.15, 0.2) is 144 Å². The van der Waals surface area contributed by atoms with Crippen LogP contribution in [0, 0.1) is 23.7 Å². The molecule has 132 valence electrons. The van der Waals surface area contributed by atoms with Crippen molar-refractivity contribution >= 4 is 0 Å². The third-order valence-corrected chi connectivity index (χ3v) is 3.92. The summed E-state index contributed by atoms with van der Waals surface area (Å²) in [6.07, 6.45) is 40.1. The van der Waals surface area contributed by atoms with Crippen LogP contribution < -0.4 is 0 Å². The predicted octanol–water partition coefficient (Wildman–Crippen LogP) is 6.19. The molecule has 0 aromatic carbocycles. The maximum absolute atomic E-state index is 3.06. The van der Waals surface area contributed by atoms with E-state index in [-0.39, 0.29) is 0 Å². The Balaban J connectivity index is 1.92. The van der Waals surface area contributed by atoms with Crippen molar-refractivity contribution in [2.45, 2.75) is 0 Å². The highest BCUT2D eigenvalue weighted by Crippen LogP contribution is 2.10. The highest BCUT2D eigenvalue weighted by molar-refractivity contribution is 5.48. The normalized spacial score (nSPS) is 34.3. The molecule has 0 N–H and O–H groups in total. The number of allylic oxidation sites excluding steroid dienone is 24. The fourth-order valence-electron chi connectivity index (χ4n) is 2.46. The van der Waals surface area contributed by atoms with Crippen LogP contribution in [0.25, 0.3) is 0 Å². The third kappa shape index (κ3) is 6.72. The fourth-order valence-corrected chi connectivity index (χ4v) is 2.46. The van der Waals surface area contributed by atoms with Crippen LogP contribution in [0.5, 0.6) is 0 Å². The van der Waals surface area contributed by atoms with Crippen molar-refractivity contribution in [3.8, 4) is 23.7 Å². The van der Waals surface area contributed by atoms with Crippen molar-refractivity contribution in [1.82, 2.24) is 0 Å².